The summed E-state index contributed by atoms with van der Waals surface area (Å²) in [4.78, 5) is 23.7. The van der Waals surface area contributed by atoms with Crippen molar-refractivity contribution in [2.24, 2.45) is 5.16 Å². The average molecular weight is 490 g/mol. The van der Waals surface area contributed by atoms with Crippen molar-refractivity contribution < 1.29 is 9.23 Å². The highest BCUT2D eigenvalue weighted by atomic mass is 19.1. The third kappa shape index (κ3) is 5.37. The number of halogens is 1. The molecule has 1 aliphatic heterocycles. The van der Waals surface area contributed by atoms with Gasteiger partial charge in [-0.1, -0.05) is 17.3 Å². The van der Waals surface area contributed by atoms with Crippen LogP contribution in [0.2, 0.25) is 0 Å². The van der Waals surface area contributed by atoms with Crippen molar-refractivity contribution in [2.45, 2.75) is 25.7 Å². The molecule has 1 unspecified atom stereocenters. The first-order chi connectivity index (χ1) is 17.5. The van der Waals surface area contributed by atoms with Crippen molar-refractivity contribution in [3.63, 3.8) is 0 Å². The molecule has 9 heteroatoms. The van der Waals surface area contributed by atoms with Gasteiger partial charge in [0.2, 0.25) is 5.95 Å². The molecule has 0 bridgehead atoms. The Kier molecular flexibility index (Phi) is 7.20. The Hall–Kier alpha value is -3.43. The number of nitrogen functional groups attached to an aromatic ring is 1. The highest BCUT2D eigenvalue weighted by Gasteiger charge is 2.30. The number of hydrogen-bond acceptors (Lipinski definition) is 8. The standard InChI is InChI=1S/C27H32FN7O/c1-18-26-24(32-27(29)31-18)14-20(15-25(26)33-36-13-12-35-10-8-34(2)9-11-35)22-6-5-21(28)16-23(22)19-4-3-7-30-17-19/h3-7,16-17,20H,8-15H2,1-2H3,(H2,29,31,32). The lowest BCUT2D eigenvalue weighted by molar-refractivity contribution is 0.0857. The molecule has 5 rings (SSSR count). The van der Waals surface area contributed by atoms with Crippen LogP contribution in [-0.2, 0) is 11.3 Å². The van der Waals surface area contributed by atoms with Crippen LogP contribution in [0.3, 0.4) is 0 Å². The number of likely N-dealkylation sites (N-methyl/N-ethyl adjacent to an activating group) is 1. The summed E-state index contributed by atoms with van der Waals surface area (Å²) < 4.78 is 14.3. The van der Waals surface area contributed by atoms with E-state index >= 15 is 0 Å². The molecule has 0 spiro atoms. The van der Waals surface area contributed by atoms with Crippen molar-refractivity contribution in [3.05, 3.63) is 71.1 Å². The Morgan fingerprint density at radius 3 is 2.75 bits per heavy atom. The van der Waals surface area contributed by atoms with Crippen LogP contribution >= 0.6 is 0 Å². The maximum absolute atomic E-state index is 14.3. The van der Waals surface area contributed by atoms with Crippen molar-refractivity contribution in [1.29, 1.82) is 0 Å². The summed E-state index contributed by atoms with van der Waals surface area (Å²) in [5, 5.41) is 4.58. The Bertz CT molecular complexity index is 1240. The van der Waals surface area contributed by atoms with Crippen LogP contribution in [0.25, 0.3) is 11.1 Å². The largest absolute Gasteiger partial charge is 0.394 e. The highest BCUT2D eigenvalue weighted by Crippen LogP contribution is 2.38. The first-order valence-corrected chi connectivity index (χ1v) is 12.4. The molecule has 188 valence electrons. The predicted octanol–water partition coefficient (Wildman–Crippen LogP) is 3.27. The zero-order valence-electron chi connectivity index (χ0n) is 20.8. The van der Waals surface area contributed by atoms with Gasteiger partial charge in [-0.25, -0.2) is 14.4 Å². The van der Waals surface area contributed by atoms with Crippen LogP contribution in [0.15, 0.2) is 47.9 Å². The van der Waals surface area contributed by atoms with Crippen LogP contribution in [0.1, 0.15) is 34.9 Å². The molecule has 0 radical (unpaired) electrons. The van der Waals surface area contributed by atoms with Gasteiger partial charge in [0.25, 0.3) is 0 Å². The lowest BCUT2D eigenvalue weighted by Crippen LogP contribution is -2.45. The van der Waals surface area contributed by atoms with Gasteiger partial charge in [-0.05, 0) is 55.6 Å². The van der Waals surface area contributed by atoms with Gasteiger partial charge in [-0.15, -0.1) is 0 Å². The fourth-order valence-electron chi connectivity index (χ4n) is 5.14. The molecule has 0 saturated carbocycles. The van der Waals surface area contributed by atoms with Gasteiger partial charge >= 0.3 is 0 Å². The van der Waals surface area contributed by atoms with Crippen LogP contribution < -0.4 is 5.73 Å². The first-order valence-electron chi connectivity index (χ1n) is 12.4. The predicted molar refractivity (Wildman–Crippen MR) is 138 cm³/mol. The molecule has 8 nitrogen and oxygen atoms in total. The second kappa shape index (κ2) is 10.7. The average Bonchev–Trinajstić information content (AvgIpc) is 2.87. The number of hydrogen-bond donors (Lipinski definition) is 1. The van der Waals surface area contributed by atoms with E-state index in [-0.39, 0.29) is 17.7 Å². The number of rotatable bonds is 6. The maximum atomic E-state index is 14.3. The number of aromatic nitrogens is 3. The van der Waals surface area contributed by atoms with Crippen molar-refractivity contribution in [1.82, 2.24) is 24.8 Å². The monoisotopic (exact) mass is 489 g/mol. The van der Waals surface area contributed by atoms with Crippen LogP contribution in [0, 0.1) is 12.7 Å². The number of nitrogens with two attached hydrogens (primary N) is 1. The Morgan fingerprint density at radius 1 is 1.14 bits per heavy atom. The molecule has 0 amide bonds. The number of oxime groups is 1. The molecule has 3 heterocycles. The summed E-state index contributed by atoms with van der Waals surface area (Å²) in [6.45, 7) is 7.48. The van der Waals surface area contributed by atoms with Crippen molar-refractivity contribution >= 4 is 11.7 Å². The highest BCUT2D eigenvalue weighted by molar-refractivity contribution is 6.03. The van der Waals surface area contributed by atoms with Gasteiger partial charge < -0.3 is 15.5 Å². The first kappa shape index (κ1) is 24.3. The Morgan fingerprint density at radius 2 is 1.97 bits per heavy atom. The summed E-state index contributed by atoms with van der Waals surface area (Å²) in [5.41, 5.74) is 12.1. The van der Waals surface area contributed by atoms with Gasteiger partial charge in [0.1, 0.15) is 12.4 Å². The molecule has 1 saturated heterocycles. The van der Waals surface area contributed by atoms with E-state index in [0.29, 0.717) is 19.4 Å². The molecule has 2 N–H and O–H groups in total. The summed E-state index contributed by atoms with van der Waals surface area (Å²) >= 11 is 0. The number of anilines is 1. The minimum Gasteiger partial charge on any atom is -0.394 e. The van der Waals surface area contributed by atoms with Crippen molar-refractivity contribution in [2.75, 3.05) is 52.1 Å². The van der Waals surface area contributed by atoms with Gasteiger partial charge in [-0.3, -0.25) is 9.88 Å². The van der Waals surface area contributed by atoms with Gasteiger partial charge in [0.15, 0.2) is 0 Å². The lowest BCUT2D eigenvalue weighted by Gasteiger charge is -2.32. The second-order valence-electron chi connectivity index (χ2n) is 9.58. The second-order valence-corrected chi connectivity index (χ2v) is 9.58. The molecular weight excluding hydrogens is 457 g/mol. The third-order valence-electron chi connectivity index (χ3n) is 7.05. The molecule has 1 aliphatic carbocycles. The van der Waals surface area contributed by atoms with Crippen LogP contribution in [0.4, 0.5) is 10.3 Å². The fraction of sp³-hybridized carbons (Fsp3) is 0.407. The number of benzene rings is 1. The lowest BCUT2D eigenvalue weighted by atomic mass is 9.78. The number of pyridine rings is 1. The Balaban J connectivity index is 1.42. The zero-order chi connectivity index (χ0) is 25.1. The minimum absolute atomic E-state index is 0.0296. The molecule has 2 aliphatic rings. The summed E-state index contributed by atoms with van der Waals surface area (Å²) in [6.07, 6.45) is 4.76. The summed E-state index contributed by atoms with van der Waals surface area (Å²) in [6, 6.07) is 8.75. The molecule has 36 heavy (non-hydrogen) atoms. The Labute approximate surface area is 211 Å². The number of aryl methyl sites for hydroxylation is 1. The normalized spacial score (nSPS) is 19.9. The van der Waals surface area contributed by atoms with Crippen LogP contribution in [-0.4, -0.2) is 76.8 Å². The van der Waals surface area contributed by atoms with Gasteiger partial charge in [0.05, 0.1) is 17.1 Å². The van der Waals surface area contributed by atoms with Crippen molar-refractivity contribution in [3.8, 4) is 11.1 Å². The van der Waals surface area contributed by atoms with E-state index in [0.717, 1.165) is 72.1 Å². The zero-order valence-corrected chi connectivity index (χ0v) is 20.8. The molecule has 1 aromatic carbocycles. The molecular formula is C27H32FN7O. The van der Waals surface area contributed by atoms with E-state index in [9.17, 15) is 4.39 Å². The number of piperazine rings is 1. The summed E-state index contributed by atoms with van der Waals surface area (Å²) in [7, 11) is 2.15. The fourth-order valence-corrected chi connectivity index (χ4v) is 5.14. The molecule has 1 fully saturated rings. The topological polar surface area (TPSA) is 92.8 Å². The van der Waals surface area contributed by atoms with E-state index in [1.54, 1.807) is 18.5 Å². The van der Waals surface area contributed by atoms with E-state index in [1.807, 2.05) is 25.1 Å². The molecule has 1 atom stereocenters. The van der Waals surface area contributed by atoms with E-state index in [4.69, 9.17) is 10.6 Å². The smallest absolute Gasteiger partial charge is 0.220 e. The van der Waals surface area contributed by atoms with E-state index < -0.39 is 0 Å². The number of fused-ring (bicyclic) bond motifs is 1. The summed E-state index contributed by atoms with van der Waals surface area (Å²) in [5.74, 6) is -0.00633. The van der Waals surface area contributed by atoms with E-state index in [2.05, 4.69) is 37.0 Å². The molecule has 3 aromatic rings. The maximum Gasteiger partial charge on any atom is 0.220 e. The number of nitrogens with zero attached hydrogens (tertiary/aromatic N) is 6. The van der Waals surface area contributed by atoms with E-state index in [1.165, 1.54) is 6.07 Å². The SMILES string of the molecule is Cc1nc(N)nc2c1C(=NOCCN1CCN(C)CC1)CC(c1ccc(F)cc1-c1cccnc1)C2. The minimum atomic E-state index is -0.280. The van der Waals surface area contributed by atoms with Gasteiger partial charge in [0, 0.05) is 62.7 Å². The van der Waals surface area contributed by atoms with Crippen LogP contribution in [0.5, 0.6) is 0 Å². The third-order valence-corrected chi connectivity index (χ3v) is 7.05. The quantitative estimate of drug-likeness (QED) is 0.420. The molecule has 2 aromatic heterocycles. The van der Waals surface area contributed by atoms with Gasteiger partial charge in [-0.2, -0.15) is 0 Å².